The molecular formula is C63H39NS. The van der Waals surface area contributed by atoms with Crippen molar-refractivity contribution >= 4 is 70.1 Å². The Hall–Kier alpha value is -8.04. The van der Waals surface area contributed by atoms with Gasteiger partial charge in [-0.3, -0.25) is 0 Å². The lowest BCUT2D eigenvalue weighted by Crippen LogP contribution is -2.26. The highest BCUT2D eigenvalue weighted by molar-refractivity contribution is 7.26. The Kier molecular flexibility index (Phi) is 7.84. The summed E-state index contributed by atoms with van der Waals surface area (Å²) in [6.07, 6.45) is 0. The molecule has 1 aromatic heterocycles. The number of nitrogens with zero attached hydrogens (tertiary/aromatic N) is 1. The minimum Gasteiger partial charge on any atom is -0.310 e. The van der Waals surface area contributed by atoms with E-state index in [2.05, 4.69) is 241 Å². The summed E-state index contributed by atoms with van der Waals surface area (Å²) in [6.45, 7) is 0. The largest absolute Gasteiger partial charge is 0.310 e. The summed E-state index contributed by atoms with van der Waals surface area (Å²) >= 11 is 1.88. The molecule has 12 aromatic rings. The van der Waals surface area contributed by atoms with Crippen molar-refractivity contribution < 1.29 is 0 Å². The third kappa shape index (κ3) is 5.20. The van der Waals surface area contributed by atoms with Gasteiger partial charge < -0.3 is 4.90 Å². The first-order valence-corrected chi connectivity index (χ1v) is 23.3. The van der Waals surface area contributed by atoms with E-state index in [-0.39, 0.29) is 0 Å². The summed E-state index contributed by atoms with van der Waals surface area (Å²) in [5, 5.41) is 7.68. The van der Waals surface area contributed by atoms with E-state index in [0.29, 0.717) is 0 Å². The molecule has 0 atom stereocenters. The molecule has 0 aliphatic heterocycles. The fourth-order valence-corrected chi connectivity index (χ4v) is 12.7. The van der Waals surface area contributed by atoms with Gasteiger partial charge in [-0.2, -0.15) is 0 Å². The van der Waals surface area contributed by atoms with Gasteiger partial charge in [-0.05, 0) is 137 Å². The third-order valence-electron chi connectivity index (χ3n) is 14.3. The minimum atomic E-state index is -0.443. The van der Waals surface area contributed by atoms with Gasteiger partial charge in [0.1, 0.15) is 0 Å². The molecular weight excluding hydrogens is 803 g/mol. The average Bonchev–Trinajstić information content (AvgIpc) is 4.01. The molecule has 1 spiro atoms. The molecule has 0 radical (unpaired) electrons. The van der Waals surface area contributed by atoms with E-state index in [4.69, 9.17) is 0 Å². The molecule has 0 fully saturated rings. The molecule has 14 rings (SSSR count). The van der Waals surface area contributed by atoms with Crippen LogP contribution in [0.3, 0.4) is 0 Å². The van der Waals surface area contributed by atoms with Crippen molar-refractivity contribution in [3.05, 3.63) is 259 Å². The summed E-state index contributed by atoms with van der Waals surface area (Å²) in [6, 6.07) is 88.3. The van der Waals surface area contributed by atoms with Gasteiger partial charge in [0.25, 0.3) is 0 Å². The van der Waals surface area contributed by atoms with Crippen molar-refractivity contribution in [1.29, 1.82) is 0 Å². The molecule has 2 aliphatic carbocycles. The zero-order valence-corrected chi connectivity index (χ0v) is 36.2. The van der Waals surface area contributed by atoms with Gasteiger partial charge in [0.05, 0.1) is 5.41 Å². The maximum Gasteiger partial charge on any atom is 0.0726 e. The maximum absolute atomic E-state index is 2.50. The van der Waals surface area contributed by atoms with Gasteiger partial charge in [-0.25, -0.2) is 0 Å². The number of anilines is 3. The molecule has 1 nitrogen and oxygen atoms in total. The predicted molar refractivity (Wildman–Crippen MR) is 276 cm³/mol. The zero-order chi connectivity index (χ0) is 42.6. The van der Waals surface area contributed by atoms with Crippen LogP contribution in [0.1, 0.15) is 22.3 Å². The van der Waals surface area contributed by atoms with Crippen molar-refractivity contribution in [2.45, 2.75) is 5.41 Å². The Labute approximate surface area is 381 Å². The minimum absolute atomic E-state index is 0.443. The van der Waals surface area contributed by atoms with Crippen molar-refractivity contribution in [2.75, 3.05) is 4.90 Å². The molecule has 0 N–H and O–H groups in total. The van der Waals surface area contributed by atoms with Gasteiger partial charge >= 0.3 is 0 Å². The predicted octanol–water partition coefficient (Wildman–Crippen LogP) is 17.5. The monoisotopic (exact) mass is 841 g/mol. The first-order valence-electron chi connectivity index (χ1n) is 22.5. The van der Waals surface area contributed by atoms with E-state index < -0.39 is 5.41 Å². The van der Waals surface area contributed by atoms with Crippen LogP contribution in [-0.4, -0.2) is 0 Å². The first kappa shape index (κ1) is 36.4. The SMILES string of the molecule is c1ccc(-c2cccc3cccc(-c4ccc(N(c5ccc6c(c5)C5(c7ccccc7-c7ccccc75)c5ccccc5-6)c5ccc6sc7ccc8ccccc8c7c6c5)cc4)c23)cc1. The Bertz CT molecular complexity index is 3830. The van der Waals surface area contributed by atoms with Crippen molar-refractivity contribution in [3.63, 3.8) is 0 Å². The van der Waals surface area contributed by atoms with Crippen LogP contribution in [0.2, 0.25) is 0 Å². The summed E-state index contributed by atoms with van der Waals surface area (Å²) in [5.41, 5.74) is 18.4. The topological polar surface area (TPSA) is 3.24 Å². The zero-order valence-electron chi connectivity index (χ0n) is 35.4. The second-order valence-electron chi connectivity index (χ2n) is 17.5. The van der Waals surface area contributed by atoms with Crippen LogP contribution in [0.5, 0.6) is 0 Å². The normalized spacial score (nSPS) is 13.0. The summed E-state index contributed by atoms with van der Waals surface area (Å²) < 4.78 is 2.61. The molecule has 11 aromatic carbocycles. The fourth-order valence-electron chi connectivity index (χ4n) is 11.6. The van der Waals surface area contributed by atoms with E-state index >= 15 is 0 Å². The van der Waals surface area contributed by atoms with Crippen molar-refractivity contribution in [1.82, 2.24) is 0 Å². The summed E-state index contributed by atoms with van der Waals surface area (Å²) in [4.78, 5) is 2.49. The highest BCUT2D eigenvalue weighted by Crippen LogP contribution is 2.63. The van der Waals surface area contributed by atoms with E-state index in [1.807, 2.05) is 11.3 Å². The molecule has 0 saturated carbocycles. The molecule has 302 valence electrons. The molecule has 65 heavy (non-hydrogen) atoms. The Balaban J connectivity index is 1.00. The second kappa shape index (κ2) is 14.0. The Morgan fingerprint density at radius 2 is 0.800 bits per heavy atom. The molecule has 1 heterocycles. The number of fused-ring (bicyclic) bond motifs is 16. The van der Waals surface area contributed by atoms with Crippen LogP contribution in [0, 0.1) is 0 Å². The summed E-state index contributed by atoms with van der Waals surface area (Å²) in [7, 11) is 0. The summed E-state index contributed by atoms with van der Waals surface area (Å²) in [5.74, 6) is 0. The molecule has 2 heteroatoms. The molecule has 0 unspecified atom stereocenters. The maximum atomic E-state index is 2.50. The van der Waals surface area contributed by atoms with Crippen LogP contribution < -0.4 is 4.90 Å². The van der Waals surface area contributed by atoms with Gasteiger partial charge in [0, 0.05) is 37.2 Å². The van der Waals surface area contributed by atoms with Crippen LogP contribution in [0.4, 0.5) is 17.1 Å². The first-order chi connectivity index (χ1) is 32.2. The van der Waals surface area contributed by atoms with E-state index in [9.17, 15) is 0 Å². The van der Waals surface area contributed by atoms with Gasteiger partial charge in [0.15, 0.2) is 0 Å². The van der Waals surface area contributed by atoms with Crippen LogP contribution >= 0.6 is 11.3 Å². The number of benzene rings is 11. The molecule has 0 bridgehead atoms. The van der Waals surface area contributed by atoms with Crippen LogP contribution in [0.15, 0.2) is 237 Å². The van der Waals surface area contributed by atoms with Crippen molar-refractivity contribution in [2.24, 2.45) is 0 Å². The number of thiophene rings is 1. The fraction of sp³-hybridized carbons (Fsp3) is 0.0159. The molecule has 2 aliphatic rings. The second-order valence-corrected chi connectivity index (χ2v) is 18.6. The molecule has 0 saturated heterocycles. The van der Waals surface area contributed by atoms with E-state index in [1.165, 1.54) is 108 Å². The third-order valence-corrected chi connectivity index (χ3v) is 15.4. The molecule has 0 amide bonds. The highest BCUT2D eigenvalue weighted by Gasteiger charge is 2.51. The van der Waals surface area contributed by atoms with E-state index in [1.54, 1.807) is 0 Å². The smallest absolute Gasteiger partial charge is 0.0726 e. The van der Waals surface area contributed by atoms with Crippen LogP contribution in [0.25, 0.3) is 86.2 Å². The van der Waals surface area contributed by atoms with Gasteiger partial charge in [-0.1, -0.05) is 188 Å². The average molecular weight is 842 g/mol. The Morgan fingerprint density at radius 3 is 1.49 bits per heavy atom. The lowest BCUT2D eigenvalue weighted by molar-refractivity contribution is 0.793. The lowest BCUT2D eigenvalue weighted by atomic mass is 9.70. The standard InChI is InChI=1S/C63H39NS/c1-2-14-40(15-3-1)47-23-12-17-43-18-13-24-48(61(43)47)42-28-31-44(32-29-42)64(45-34-37-59-54(38-45)62-49-19-5-4-16-41(49)30-36-60(62)65-59)46-33-35-53-52-22-8-11-27-57(52)63(58(53)39-46)55-25-9-6-20-50(55)51-21-7-10-26-56(51)63/h1-39H. The number of hydrogen-bond acceptors (Lipinski definition) is 2. The van der Waals surface area contributed by atoms with Gasteiger partial charge in [0.2, 0.25) is 0 Å². The quantitative estimate of drug-likeness (QED) is 0.167. The van der Waals surface area contributed by atoms with Crippen LogP contribution in [-0.2, 0) is 5.41 Å². The highest BCUT2D eigenvalue weighted by atomic mass is 32.1. The number of hydrogen-bond donors (Lipinski definition) is 0. The van der Waals surface area contributed by atoms with E-state index in [0.717, 1.165) is 17.1 Å². The van der Waals surface area contributed by atoms with Gasteiger partial charge in [-0.15, -0.1) is 11.3 Å². The van der Waals surface area contributed by atoms with Crippen molar-refractivity contribution in [3.8, 4) is 44.5 Å². The number of rotatable bonds is 5. The lowest BCUT2D eigenvalue weighted by Gasteiger charge is -2.32. The Morgan fingerprint density at radius 1 is 0.292 bits per heavy atom.